The van der Waals surface area contributed by atoms with Crippen LogP contribution in [0.25, 0.3) is 0 Å². The standard InChI is InChI=1S/C21H28N2O2S/c1-16-6-8-18(9-7-16)19(24)22-12-10-21(11-13-22)23(14-15-26-21)20(25)17-4-2-3-5-17/h6-9,17H,2-5,10-15H2,1H3. The Labute approximate surface area is 160 Å². The summed E-state index contributed by atoms with van der Waals surface area (Å²) in [6.07, 6.45) is 6.32. The van der Waals surface area contributed by atoms with E-state index in [1.165, 1.54) is 18.4 Å². The predicted molar refractivity (Wildman–Crippen MR) is 105 cm³/mol. The number of nitrogens with zero attached hydrogens (tertiary/aromatic N) is 2. The minimum atomic E-state index is -0.0657. The van der Waals surface area contributed by atoms with Crippen molar-refractivity contribution in [3.63, 3.8) is 0 Å². The van der Waals surface area contributed by atoms with Gasteiger partial charge in [-0.15, -0.1) is 11.8 Å². The monoisotopic (exact) mass is 372 g/mol. The molecule has 2 heterocycles. The maximum absolute atomic E-state index is 13.0. The van der Waals surface area contributed by atoms with E-state index < -0.39 is 0 Å². The Hall–Kier alpha value is -1.49. The highest BCUT2D eigenvalue weighted by Crippen LogP contribution is 2.45. The van der Waals surface area contributed by atoms with Gasteiger partial charge in [-0.25, -0.2) is 0 Å². The molecule has 1 aromatic carbocycles. The summed E-state index contributed by atoms with van der Waals surface area (Å²) < 4.78 is 0. The zero-order valence-corrected chi connectivity index (χ0v) is 16.4. The molecule has 1 saturated carbocycles. The second-order valence-corrected chi connectivity index (χ2v) is 9.38. The van der Waals surface area contributed by atoms with Crippen LogP contribution in [-0.2, 0) is 4.79 Å². The molecular formula is C21H28N2O2S. The molecule has 1 aliphatic carbocycles. The average molecular weight is 373 g/mol. The summed E-state index contributed by atoms with van der Waals surface area (Å²) in [5.74, 6) is 1.78. The number of benzene rings is 1. The summed E-state index contributed by atoms with van der Waals surface area (Å²) >= 11 is 1.94. The van der Waals surface area contributed by atoms with Gasteiger partial charge in [0, 0.05) is 36.9 Å². The fourth-order valence-electron chi connectivity index (χ4n) is 4.66. The maximum atomic E-state index is 13.0. The smallest absolute Gasteiger partial charge is 0.253 e. The van der Waals surface area contributed by atoms with Crippen molar-refractivity contribution in [1.82, 2.24) is 9.80 Å². The normalized spacial score (nSPS) is 23.0. The lowest BCUT2D eigenvalue weighted by atomic mass is 9.98. The first-order valence-corrected chi connectivity index (χ1v) is 10.9. The predicted octanol–water partition coefficient (Wildman–Crippen LogP) is 3.69. The first kappa shape index (κ1) is 17.9. The first-order valence-electron chi connectivity index (χ1n) is 9.90. The van der Waals surface area contributed by atoms with Crippen LogP contribution in [0.5, 0.6) is 0 Å². The number of amides is 2. The van der Waals surface area contributed by atoms with Crippen molar-refractivity contribution in [2.45, 2.75) is 50.3 Å². The van der Waals surface area contributed by atoms with Gasteiger partial charge >= 0.3 is 0 Å². The van der Waals surface area contributed by atoms with Gasteiger partial charge in [0.1, 0.15) is 0 Å². The van der Waals surface area contributed by atoms with Crippen molar-refractivity contribution in [3.05, 3.63) is 35.4 Å². The van der Waals surface area contributed by atoms with Crippen molar-refractivity contribution >= 4 is 23.6 Å². The zero-order valence-electron chi connectivity index (χ0n) is 15.6. The van der Waals surface area contributed by atoms with Crippen molar-refractivity contribution < 1.29 is 9.59 Å². The summed E-state index contributed by atoms with van der Waals surface area (Å²) in [7, 11) is 0. The number of thioether (sulfide) groups is 1. The number of aryl methyl sites for hydroxylation is 1. The van der Waals surface area contributed by atoms with Gasteiger partial charge in [0.05, 0.1) is 4.87 Å². The van der Waals surface area contributed by atoms with Crippen LogP contribution in [0.2, 0.25) is 0 Å². The van der Waals surface area contributed by atoms with Gasteiger partial charge < -0.3 is 9.80 Å². The largest absolute Gasteiger partial charge is 0.338 e. The van der Waals surface area contributed by atoms with E-state index in [0.717, 1.165) is 56.6 Å². The number of hydrogen-bond donors (Lipinski definition) is 0. The molecule has 1 aromatic rings. The summed E-state index contributed by atoms with van der Waals surface area (Å²) in [6, 6.07) is 7.82. The third kappa shape index (κ3) is 3.26. The highest BCUT2D eigenvalue weighted by Gasteiger charge is 2.48. The fourth-order valence-corrected chi connectivity index (χ4v) is 6.13. The van der Waals surface area contributed by atoms with Crippen molar-refractivity contribution in [1.29, 1.82) is 0 Å². The minimum absolute atomic E-state index is 0.0657. The molecule has 0 atom stereocenters. The third-order valence-electron chi connectivity index (χ3n) is 6.28. The SMILES string of the molecule is Cc1ccc(C(=O)N2CCC3(CC2)SCCN3C(=O)C2CCCC2)cc1. The van der Waals surface area contributed by atoms with Gasteiger partial charge in [-0.3, -0.25) is 9.59 Å². The van der Waals surface area contributed by atoms with E-state index in [9.17, 15) is 9.59 Å². The fraction of sp³-hybridized carbons (Fsp3) is 0.619. The highest BCUT2D eigenvalue weighted by atomic mass is 32.2. The molecule has 0 bridgehead atoms. The molecule has 0 unspecified atom stereocenters. The molecule has 5 heteroatoms. The van der Waals surface area contributed by atoms with Crippen molar-refractivity contribution in [2.75, 3.05) is 25.4 Å². The van der Waals surface area contributed by atoms with Crippen molar-refractivity contribution in [2.24, 2.45) is 5.92 Å². The second kappa shape index (κ2) is 7.26. The van der Waals surface area contributed by atoms with Crippen LogP contribution in [0.3, 0.4) is 0 Å². The van der Waals surface area contributed by atoms with E-state index in [1.807, 2.05) is 47.9 Å². The Bertz CT molecular complexity index is 674. The second-order valence-electron chi connectivity index (χ2n) is 7.92. The van der Waals surface area contributed by atoms with Crippen LogP contribution < -0.4 is 0 Å². The van der Waals surface area contributed by atoms with Gasteiger partial charge in [0.2, 0.25) is 5.91 Å². The molecule has 26 heavy (non-hydrogen) atoms. The van der Waals surface area contributed by atoms with Crippen LogP contribution >= 0.6 is 11.8 Å². The molecule has 4 nitrogen and oxygen atoms in total. The Kier molecular flexibility index (Phi) is 5.00. The molecule has 140 valence electrons. The summed E-state index contributed by atoms with van der Waals surface area (Å²) in [5.41, 5.74) is 1.94. The van der Waals surface area contributed by atoms with Gasteiger partial charge in [0.15, 0.2) is 0 Å². The summed E-state index contributed by atoms with van der Waals surface area (Å²) in [5, 5.41) is 0. The topological polar surface area (TPSA) is 40.6 Å². The lowest BCUT2D eigenvalue weighted by molar-refractivity contribution is -0.138. The van der Waals surface area contributed by atoms with Gasteiger partial charge in [-0.2, -0.15) is 0 Å². The Morgan fingerprint density at radius 2 is 1.69 bits per heavy atom. The van der Waals surface area contributed by atoms with Crippen LogP contribution in [0.15, 0.2) is 24.3 Å². The van der Waals surface area contributed by atoms with Gasteiger partial charge in [-0.05, 0) is 44.7 Å². The lowest BCUT2D eigenvalue weighted by Gasteiger charge is -2.44. The number of likely N-dealkylation sites (tertiary alicyclic amines) is 1. The van der Waals surface area contributed by atoms with E-state index >= 15 is 0 Å². The summed E-state index contributed by atoms with van der Waals surface area (Å²) in [4.78, 5) is 29.9. The molecule has 2 saturated heterocycles. The average Bonchev–Trinajstić information content (AvgIpc) is 3.32. The lowest BCUT2D eigenvalue weighted by Crippen LogP contribution is -2.54. The molecule has 2 aliphatic heterocycles. The molecule has 3 fully saturated rings. The number of piperidine rings is 1. The quantitative estimate of drug-likeness (QED) is 0.795. The molecule has 1 spiro atoms. The zero-order chi connectivity index (χ0) is 18.1. The molecule has 3 aliphatic rings. The Morgan fingerprint density at radius 3 is 2.35 bits per heavy atom. The van der Waals surface area contributed by atoms with Crippen LogP contribution in [0.1, 0.15) is 54.4 Å². The highest BCUT2D eigenvalue weighted by molar-refractivity contribution is 8.00. The van der Waals surface area contributed by atoms with E-state index in [4.69, 9.17) is 0 Å². The Balaban J connectivity index is 1.42. The van der Waals surface area contributed by atoms with E-state index in [2.05, 4.69) is 4.90 Å². The number of rotatable bonds is 2. The van der Waals surface area contributed by atoms with Crippen molar-refractivity contribution in [3.8, 4) is 0 Å². The molecule has 0 aromatic heterocycles. The van der Waals surface area contributed by atoms with E-state index in [0.29, 0.717) is 5.91 Å². The molecular weight excluding hydrogens is 344 g/mol. The molecule has 0 N–H and O–H groups in total. The number of carbonyl (C=O) groups is 2. The van der Waals surface area contributed by atoms with E-state index in [1.54, 1.807) is 0 Å². The molecule has 2 amide bonds. The summed E-state index contributed by atoms with van der Waals surface area (Å²) in [6.45, 7) is 4.40. The molecule has 4 rings (SSSR count). The maximum Gasteiger partial charge on any atom is 0.253 e. The Morgan fingerprint density at radius 1 is 1.04 bits per heavy atom. The van der Waals surface area contributed by atoms with E-state index in [-0.39, 0.29) is 16.7 Å². The number of carbonyl (C=O) groups excluding carboxylic acids is 2. The van der Waals surface area contributed by atoms with Crippen LogP contribution in [0, 0.1) is 12.8 Å². The number of hydrogen-bond acceptors (Lipinski definition) is 3. The third-order valence-corrected chi connectivity index (χ3v) is 7.83. The first-order chi connectivity index (χ1) is 12.6. The van der Waals surface area contributed by atoms with Crippen LogP contribution in [-0.4, -0.2) is 51.9 Å². The minimum Gasteiger partial charge on any atom is -0.338 e. The van der Waals surface area contributed by atoms with Gasteiger partial charge in [-0.1, -0.05) is 30.5 Å². The molecule has 0 radical (unpaired) electrons. The van der Waals surface area contributed by atoms with Gasteiger partial charge in [0.25, 0.3) is 5.91 Å². The van der Waals surface area contributed by atoms with Crippen LogP contribution in [0.4, 0.5) is 0 Å².